The van der Waals surface area contributed by atoms with Gasteiger partial charge in [-0.2, -0.15) is 0 Å². The summed E-state index contributed by atoms with van der Waals surface area (Å²) in [7, 11) is 0. The van der Waals surface area contributed by atoms with Crippen molar-refractivity contribution in [3.63, 3.8) is 0 Å². The molecule has 2 rings (SSSR count). The van der Waals surface area contributed by atoms with E-state index in [0.29, 0.717) is 5.89 Å². The largest absolute Gasteiger partial charge is 0.444 e. The standard InChI is InChI=1S/C13H16N2O/c1-10-9-16-13(15-10)12-6-4-11(5-7-12)3-2-8-14/h4-7,9H,2-3,8,14H2,1H3. The van der Waals surface area contributed by atoms with Crippen molar-refractivity contribution in [3.05, 3.63) is 41.8 Å². The first-order valence-corrected chi connectivity index (χ1v) is 5.51. The van der Waals surface area contributed by atoms with E-state index in [1.165, 1.54) is 5.56 Å². The molecule has 0 radical (unpaired) electrons. The van der Waals surface area contributed by atoms with Crippen molar-refractivity contribution in [2.45, 2.75) is 19.8 Å². The molecule has 1 aromatic heterocycles. The minimum atomic E-state index is 0.683. The van der Waals surface area contributed by atoms with Crippen molar-refractivity contribution in [3.8, 4) is 11.5 Å². The molecular formula is C13H16N2O. The number of aryl methyl sites for hydroxylation is 2. The molecule has 3 heteroatoms. The summed E-state index contributed by atoms with van der Waals surface area (Å²) >= 11 is 0. The van der Waals surface area contributed by atoms with Crippen molar-refractivity contribution >= 4 is 0 Å². The normalized spacial score (nSPS) is 10.6. The van der Waals surface area contributed by atoms with E-state index in [1.54, 1.807) is 6.26 Å². The Morgan fingerprint density at radius 2 is 2.00 bits per heavy atom. The van der Waals surface area contributed by atoms with Gasteiger partial charge in [-0.25, -0.2) is 4.98 Å². The maximum atomic E-state index is 5.48. The van der Waals surface area contributed by atoms with E-state index in [1.807, 2.05) is 19.1 Å². The molecule has 1 heterocycles. The molecule has 0 unspecified atom stereocenters. The Labute approximate surface area is 95.3 Å². The van der Waals surface area contributed by atoms with Gasteiger partial charge in [0.05, 0.1) is 5.69 Å². The average Bonchev–Trinajstić information content (AvgIpc) is 2.74. The lowest BCUT2D eigenvalue weighted by atomic mass is 10.1. The van der Waals surface area contributed by atoms with E-state index in [-0.39, 0.29) is 0 Å². The van der Waals surface area contributed by atoms with Gasteiger partial charge in [-0.3, -0.25) is 0 Å². The second kappa shape index (κ2) is 4.94. The van der Waals surface area contributed by atoms with Crippen molar-refractivity contribution in [2.75, 3.05) is 6.54 Å². The Balaban J connectivity index is 2.13. The van der Waals surface area contributed by atoms with Crippen LogP contribution in [0.5, 0.6) is 0 Å². The van der Waals surface area contributed by atoms with Crippen LogP contribution in [0.25, 0.3) is 11.5 Å². The molecular weight excluding hydrogens is 200 g/mol. The molecule has 0 atom stereocenters. The van der Waals surface area contributed by atoms with Crippen LogP contribution in [-0.2, 0) is 6.42 Å². The zero-order chi connectivity index (χ0) is 11.4. The average molecular weight is 216 g/mol. The molecule has 0 aliphatic heterocycles. The maximum Gasteiger partial charge on any atom is 0.226 e. The van der Waals surface area contributed by atoms with Crippen LogP contribution in [0.15, 0.2) is 34.9 Å². The zero-order valence-electron chi connectivity index (χ0n) is 9.44. The summed E-state index contributed by atoms with van der Waals surface area (Å²) in [6, 6.07) is 8.28. The number of hydrogen-bond donors (Lipinski definition) is 1. The summed E-state index contributed by atoms with van der Waals surface area (Å²) in [6.07, 6.45) is 3.72. The number of nitrogens with zero attached hydrogens (tertiary/aromatic N) is 1. The van der Waals surface area contributed by atoms with Crippen LogP contribution < -0.4 is 5.73 Å². The molecule has 0 saturated heterocycles. The summed E-state index contributed by atoms with van der Waals surface area (Å²) in [5, 5.41) is 0. The fourth-order valence-corrected chi connectivity index (χ4v) is 1.61. The Morgan fingerprint density at radius 1 is 1.25 bits per heavy atom. The molecule has 0 aliphatic carbocycles. The molecule has 0 spiro atoms. The molecule has 16 heavy (non-hydrogen) atoms. The predicted octanol–water partition coefficient (Wildman–Crippen LogP) is 2.54. The SMILES string of the molecule is Cc1coc(-c2ccc(CCCN)cc2)n1. The van der Waals surface area contributed by atoms with Gasteiger partial charge in [0, 0.05) is 5.56 Å². The van der Waals surface area contributed by atoms with Crippen molar-refractivity contribution in [1.29, 1.82) is 0 Å². The third-order valence-corrected chi connectivity index (χ3v) is 2.49. The van der Waals surface area contributed by atoms with Crippen LogP contribution in [-0.4, -0.2) is 11.5 Å². The Hall–Kier alpha value is -1.61. The number of oxazole rings is 1. The number of benzene rings is 1. The van der Waals surface area contributed by atoms with Gasteiger partial charge >= 0.3 is 0 Å². The highest BCUT2D eigenvalue weighted by Crippen LogP contribution is 2.19. The monoisotopic (exact) mass is 216 g/mol. The third-order valence-electron chi connectivity index (χ3n) is 2.49. The highest BCUT2D eigenvalue weighted by Gasteiger charge is 2.03. The van der Waals surface area contributed by atoms with Crippen LogP contribution in [0.2, 0.25) is 0 Å². The second-order valence-corrected chi connectivity index (χ2v) is 3.88. The zero-order valence-corrected chi connectivity index (χ0v) is 9.44. The first-order chi connectivity index (χ1) is 7.79. The minimum Gasteiger partial charge on any atom is -0.444 e. The predicted molar refractivity (Wildman–Crippen MR) is 64.1 cm³/mol. The van der Waals surface area contributed by atoms with E-state index < -0.39 is 0 Å². The summed E-state index contributed by atoms with van der Waals surface area (Å²) < 4.78 is 5.34. The minimum absolute atomic E-state index is 0.683. The first-order valence-electron chi connectivity index (χ1n) is 5.51. The van der Waals surface area contributed by atoms with Crippen LogP contribution in [0.4, 0.5) is 0 Å². The number of aromatic nitrogens is 1. The molecule has 3 nitrogen and oxygen atoms in total. The summed E-state index contributed by atoms with van der Waals surface area (Å²) in [4.78, 5) is 4.29. The Bertz CT molecular complexity index is 445. The maximum absolute atomic E-state index is 5.48. The quantitative estimate of drug-likeness (QED) is 0.854. The fraction of sp³-hybridized carbons (Fsp3) is 0.308. The van der Waals surface area contributed by atoms with E-state index >= 15 is 0 Å². The lowest BCUT2D eigenvalue weighted by molar-refractivity contribution is 0.573. The smallest absolute Gasteiger partial charge is 0.226 e. The van der Waals surface area contributed by atoms with E-state index in [4.69, 9.17) is 10.2 Å². The van der Waals surface area contributed by atoms with Crippen molar-refractivity contribution < 1.29 is 4.42 Å². The molecule has 1 aromatic carbocycles. The molecule has 84 valence electrons. The Morgan fingerprint density at radius 3 is 2.56 bits per heavy atom. The molecule has 2 N–H and O–H groups in total. The van der Waals surface area contributed by atoms with Gasteiger partial charge in [0.25, 0.3) is 0 Å². The van der Waals surface area contributed by atoms with Gasteiger partial charge < -0.3 is 10.2 Å². The van der Waals surface area contributed by atoms with Gasteiger partial charge in [-0.15, -0.1) is 0 Å². The first kappa shape index (κ1) is 10.9. The second-order valence-electron chi connectivity index (χ2n) is 3.88. The van der Waals surface area contributed by atoms with Crippen molar-refractivity contribution in [1.82, 2.24) is 4.98 Å². The topological polar surface area (TPSA) is 52.0 Å². The number of rotatable bonds is 4. The highest BCUT2D eigenvalue weighted by molar-refractivity contribution is 5.53. The molecule has 0 bridgehead atoms. The lowest BCUT2D eigenvalue weighted by Gasteiger charge is -2.00. The van der Waals surface area contributed by atoms with E-state index in [9.17, 15) is 0 Å². The van der Waals surface area contributed by atoms with E-state index in [0.717, 1.165) is 30.6 Å². The van der Waals surface area contributed by atoms with Gasteiger partial charge in [-0.05, 0) is 44.0 Å². The third kappa shape index (κ3) is 2.49. The van der Waals surface area contributed by atoms with Crippen LogP contribution >= 0.6 is 0 Å². The Kier molecular flexibility index (Phi) is 3.37. The molecule has 0 fully saturated rings. The molecule has 0 aliphatic rings. The number of hydrogen-bond acceptors (Lipinski definition) is 3. The van der Waals surface area contributed by atoms with Crippen molar-refractivity contribution in [2.24, 2.45) is 5.73 Å². The van der Waals surface area contributed by atoms with Crippen LogP contribution in [0.1, 0.15) is 17.7 Å². The van der Waals surface area contributed by atoms with Crippen LogP contribution in [0, 0.1) is 6.92 Å². The number of nitrogens with two attached hydrogens (primary N) is 1. The summed E-state index contributed by atoms with van der Waals surface area (Å²) in [6.45, 7) is 2.66. The van der Waals surface area contributed by atoms with Crippen LogP contribution in [0.3, 0.4) is 0 Å². The summed E-state index contributed by atoms with van der Waals surface area (Å²) in [5.74, 6) is 0.683. The lowest BCUT2D eigenvalue weighted by Crippen LogP contribution is -2.00. The molecule has 0 amide bonds. The van der Waals surface area contributed by atoms with Gasteiger partial charge in [0.15, 0.2) is 0 Å². The van der Waals surface area contributed by atoms with Gasteiger partial charge in [0.2, 0.25) is 5.89 Å². The highest BCUT2D eigenvalue weighted by atomic mass is 16.3. The van der Waals surface area contributed by atoms with Gasteiger partial charge in [-0.1, -0.05) is 12.1 Å². The van der Waals surface area contributed by atoms with E-state index in [2.05, 4.69) is 17.1 Å². The fourth-order valence-electron chi connectivity index (χ4n) is 1.61. The summed E-state index contributed by atoms with van der Waals surface area (Å²) in [5.41, 5.74) is 8.70. The molecule has 0 saturated carbocycles. The molecule has 2 aromatic rings. The van der Waals surface area contributed by atoms with Gasteiger partial charge in [0.1, 0.15) is 6.26 Å².